The molecule has 0 unspecified atom stereocenters. The smallest absolute Gasteiger partial charge is 0.283 e. The number of aliphatic imine (C=N–C) groups is 1. The Bertz CT molecular complexity index is 1350. The predicted molar refractivity (Wildman–Crippen MR) is 156 cm³/mol. The minimum absolute atomic E-state index is 0.104. The van der Waals surface area contributed by atoms with Crippen LogP contribution in [0.3, 0.4) is 0 Å². The second-order valence-corrected chi connectivity index (χ2v) is 10.5. The number of amidine groups is 1. The maximum atomic E-state index is 13.5. The summed E-state index contributed by atoms with van der Waals surface area (Å²) in [6.07, 6.45) is 3.77. The quantitative estimate of drug-likeness (QED) is 0.260. The second-order valence-electron chi connectivity index (χ2n) is 8.66. The van der Waals surface area contributed by atoms with E-state index < -0.39 is 0 Å². The number of carbonyl (C=O) groups excluding carboxylic acids is 2. The van der Waals surface area contributed by atoms with Crippen LogP contribution in [0, 0.1) is 0 Å². The van der Waals surface area contributed by atoms with E-state index in [0.717, 1.165) is 16.1 Å². The van der Waals surface area contributed by atoms with Gasteiger partial charge >= 0.3 is 0 Å². The molecular formula is C29H29N3O3S2. The molecule has 0 bridgehead atoms. The van der Waals surface area contributed by atoms with Crippen LogP contribution in [-0.2, 0) is 9.59 Å². The summed E-state index contributed by atoms with van der Waals surface area (Å²) < 4.78 is 5.36. The lowest BCUT2D eigenvalue weighted by atomic mass is 10.0. The second kappa shape index (κ2) is 12.2. The van der Waals surface area contributed by atoms with Crippen molar-refractivity contribution in [3.8, 4) is 5.75 Å². The molecule has 0 aliphatic carbocycles. The number of carbonyl (C=O) groups is 2. The summed E-state index contributed by atoms with van der Waals surface area (Å²) in [6.45, 7) is 4.28. The van der Waals surface area contributed by atoms with Gasteiger partial charge < -0.3 is 10.1 Å². The molecule has 1 aliphatic rings. The largest absolute Gasteiger partial charge is 0.497 e. The van der Waals surface area contributed by atoms with Gasteiger partial charge in [-0.05, 0) is 59.7 Å². The van der Waals surface area contributed by atoms with Crippen molar-refractivity contribution in [1.29, 1.82) is 0 Å². The van der Waals surface area contributed by atoms with E-state index in [1.54, 1.807) is 31.0 Å². The number of hydrogen-bond donors (Lipinski definition) is 1. The molecule has 6 nitrogen and oxygen atoms in total. The molecule has 3 aromatic carbocycles. The minimum atomic E-state index is -0.253. The predicted octanol–water partition coefficient (Wildman–Crippen LogP) is 6.66. The minimum Gasteiger partial charge on any atom is -0.497 e. The molecule has 0 atom stereocenters. The number of benzene rings is 3. The van der Waals surface area contributed by atoms with Crippen LogP contribution >= 0.6 is 23.5 Å². The Morgan fingerprint density at radius 2 is 1.84 bits per heavy atom. The average molecular weight is 532 g/mol. The van der Waals surface area contributed by atoms with Gasteiger partial charge in [0.1, 0.15) is 11.4 Å². The van der Waals surface area contributed by atoms with Crippen LogP contribution in [0.5, 0.6) is 5.75 Å². The third kappa shape index (κ3) is 6.64. The van der Waals surface area contributed by atoms with Crippen LogP contribution in [0.15, 0.2) is 88.4 Å². The van der Waals surface area contributed by atoms with Crippen LogP contribution in [0.2, 0.25) is 0 Å². The first-order valence-corrected chi connectivity index (χ1v) is 14.0. The summed E-state index contributed by atoms with van der Waals surface area (Å²) in [5.74, 6) is 0.728. The van der Waals surface area contributed by atoms with Crippen molar-refractivity contribution in [2.45, 2.75) is 24.7 Å². The number of methoxy groups -OCH3 is 1. The van der Waals surface area contributed by atoms with E-state index in [-0.39, 0.29) is 17.6 Å². The molecular weight excluding hydrogens is 502 g/mol. The zero-order valence-electron chi connectivity index (χ0n) is 21.2. The zero-order valence-corrected chi connectivity index (χ0v) is 22.9. The fraction of sp³-hybridized carbons (Fsp3) is 0.207. The SMILES string of the molecule is COc1cccc(N2C(=O)/C(=C\c3ccc(C(C)C)cc3)N=C2SCC(=O)Nc2cccc(SC)c2)c1. The van der Waals surface area contributed by atoms with Crippen LogP contribution in [0.25, 0.3) is 6.08 Å². The van der Waals surface area contributed by atoms with Crippen molar-refractivity contribution in [3.05, 3.63) is 89.6 Å². The van der Waals surface area contributed by atoms with Gasteiger partial charge in [-0.1, -0.05) is 62.0 Å². The first-order chi connectivity index (χ1) is 17.9. The lowest BCUT2D eigenvalue weighted by molar-refractivity contribution is -0.114. The monoisotopic (exact) mass is 531 g/mol. The Morgan fingerprint density at radius 3 is 2.54 bits per heavy atom. The standard InChI is InChI=1S/C29H29N3O3S2/c1-19(2)21-13-11-20(12-14-21)15-26-28(34)32(23-8-6-9-24(17-23)35-3)29(31-26)37-18-27(33)30-22-7-5-10-25(16-22)36-4/h5-17,19H,18H2,1-4H3,(H,30,33)/b26-15+. The molecule has 0 saturated carbocycles. The van der Waals surface area contributed by atoms with Crippen molar-refractivity contribution in [1.82, 2.24) is 0 Å². The third-order valence-corrected chi connectivity index (χ3v) is 7.40. The molecule has 190 valence electrons. The summed E-state index contributed by atoms with van der Waals surface area (Å²) in [5.41, 5.74) is 3.79. The maximum Gasteiger partial charge on any atom is 0.283 e. The summed E-state index contributed by atoms with van der Waals surface area (Å²) in [6, 6.07) is 23.0. The fourth-order valence-electron chi connectivity index (χ4n) is 3.73. The van der Waals surface area contributed by atoms with Crippen molar-refractivity contribution in [2.75, 3.05) is 29.3 Å². The highest BCUT2D eigenvalue weighted by Crippen LogP contribution is 2.31. The molecule has 0 aromatic heterocycles. The van der Waals surface area contributed by atoms with E-state index >= 15 is 0 Å². The maximum absolute atomic E-state index is 13.5. The van der Waals surface area contributed by atoms with Crippen LogP contribution in [0.4, 0.5) is 11.4 Å². The number of ether oxygens (including phenoxy) is 1. The number of thioether (sulfide) groups is 2. The topological polar surface area (TPSA) is 71.0 Å². The van der Waals surface area contributed by atoms with E-state index in [1.165, 1.54) is 22.2 Å². The molecule has 4 rings (SSSR count). The van der Waals surface area contributed by atoms with Gasteiger partial charge in [-0.2, -0.15) is 0 Å². The van der Waals surface area contributed by atoms with Crippen LogP contribution in [0.1, 0.15) is 30.9 Å². The van der Waals surface area contributed by atoms with Gasteiger partial charge in [-0.25, -0.2) is 4.99 Å². The van der Waals surface area contributed by atoms with Gasteiger partial charge in [0.25, 0.3) is 5.91 Å². The van der Waals surface area contributed by atoms with Crippen molar-refractivity contribution in [3.63, 3.8) is 0 Å². The normalized spacial score (nSPS) is 14.3. The molecule has 0 radical (unpaired) electrons. The molecule has 1 N–H and O–H groups in total. The van der Waals surface area contributed by atoms with Gasteiger partial charge in [0, 0.05) is 16.6 Å². The van der Waals surface area contributed by atoms with Crippen molar-refractivity contribution >= 4 is 58.0 Å². The third-order valence-electron chi connectivity index (χ3n) is 5.73. The number of amides is 2. The molecule has 3 aromatic rings. The van der Waals surface area contributed by atoms with Gasteiger partial charge in [0.2, 0.25) is 5.91 Å². The van der Waals surface area contributed by atoms with Crippen LogP contribution in [-0.4, -0.2) is 36.1 Å². The Morgan fingerprint density at radius 1 is 1.08 bits per heavy atom. The number of rotatable bonds is 8. The van der Waals surface area contributed by atoms with Crippen LogP contribution < -0.4 is 15.0 Å². The molecule has 1 heterocycles. The van der Waals surface area contributed by atoms with Gasteiger partial charge in [0.15, 0.2) is 5.17 Å². The van der Waals surface area contributed by atoms with Crippen molar-refractivity contribution in [2.24, 2.45) is 4.99 Å². The van der Waals surface area contributed by atoms with E-state index in [4.69, 9.17) is 4.74 Å². The molecule has 0 spiro atoms. The van der Waals surface area contributed by atoms with Crippen molar-refractivity contribution < 1.29 is 14.3 Å². The highest BCUT2D eigenvalue weighted by Gasteiger charge is 2.32. The van der Waals surface area contributed by atoms with Gasteiger partial charge in [0.05, 0.1) is 18.6 Å². The number of nitrogens with zero attached hydrogens (tertiary/aromatic N) is 2. The summed E-state index contributed by atoms with van der Waals surface area (Å²) in [5, 5.41) is 3.36. The first-order valence-electron chi connectivity index (χ1n) is 11.8. The Hall–Kier alpha value is -3.49. The van der Waals surface area contributed by atoms with Gasteiger partial charge in [-0.3, -0.25) is 14.5 Å². The molecule has 2 amide bonds. The molecule has 8 heteroatoms. The Labute approximate surface area is 226 Å². The highest BCUT2D eigenvalue weighted by molar-refractivity contribution is 8.14. The first kappa shape index (κ1) is 26.6. The lowest BCUT2D eigenvalue weighted by Crippen LogP contribution is -2.31. The van der Waals surface area contributed by atoms with E-state index in [9.17, 15) is 9.59 Å². The number of nitrogens with one attached hydrogen (secondary N) is 1. The summed E-state index contributed by atoms with van der Waals surface area (Å²) >= 11 is 2.83. The number of anilines is 2. The van der Waals surface area contributed by atoms with Gasteiger partial charge in [-0.15, -0.1) is 11.8 Å². The Balaban J connectivity index is 1.57. The Kier molecular flexibility index (Phi) is 8.74. The highest BCUT2D eigenvalue weighted by atomic mass is 32.2. The van der Waals surface area contributed by atoms with E-state index in [0.29, 0.717) is 28.2 Å². The molecule has 0 fully saturated rings. The van der Waals surface area contributed by atoms with E-state index in [2.05, 4.69) is 36.3 Å². The average Bonchev–Trinajstić information content (AvgIpc) is 3.22. The molecule has 37 heavy (non-hydrogen) atoms. The zero-order chi connectivity index (χ0) is 26.4. The fourth-order valence-corrected chi connectivity index (χ4v) is 5.01. The lowest BCUT2D eigenvalue weighted by Gasteiger charge is -2.18. The number of hydrogen-bond acceptors (Lipinski definition) is 6. The molecule has 1 aliphatic heterocycles. The van der Waals surface area contributed by atoms with E-state index in [1.807, 2.05) is 60.9 Å². The molecule has 0 saturated heterocycles. The summed E-state index contributed by atoms with van der Waals surface area (Å²) in [4.78, 5) is 33.4. The summed E-state index contributed by atoms with van der Waals surface area (Å²) in [7, 11) is 1.58.